The average Bonchev–Trinajstić information content (AvgIpc) is 3.21. The van der Waals surface area contributed by atoms with Crippen LogP contribution >= 0.6 is 11.8 Å². The molecule has 0 spiro atoms. The summed E-state index contributed by atoms with van der Waals surface area (Å²) in [6.07, 6.45) is 2.70. The highest BCUT2D eigenvalue weighted by molar-refractivity contribution is 7.99. The van der Waals surface area contributed by atoms with Gasteiger partial charge < -0.3 is 10.1 Å². The number of ether oxygens (including phenoxy) is 1. The second-order valence-corrected chi connectivity index (χ2v) is 8.54. The van der Waals surface area contributed by atoms with Gasteiger partial charge in [-0.3, -0.25) is 9.36 Å². The summed E-state index contributed by atoms with van der Waals surface area (Å²) >= 11 is 1.36. The second kappa shape index (κ2) is 10.3. The minimum Gasteiger partial charge on any atom is -0.497 e. The highest BCUT2D eigenvalue weighted by atomic mass is 32.2. The highest BCUT2D eigenvalue weighted by Crippen LogP contribution is 2.22. The molecular weight excluding hydrogens is 396 g/mol. The lowest BCUT2D eigenvalue weighted by atomic mass is 10.00. The summed E-state index contributed by atoms with van der Waals surface area (Å²) in [7, 11) is 1.63. The first-order chi connectivity index (χ1) is 14.5. The molecule has 2 aromatic carbocycles. The number of rotatable bonds is 9. The van der Waals surface area contributed by atoms with Gasteiger partial charge in [-0.15, -0.1) is 10.2 Å². The fourth-order valence-corrected chi connectivity index (χ4v) is 3.89. The third-order valence-corrected chi connectivity index (χ3v) is 5.64. The first-order valence-electron chi connectivity index (χ1n) is 10.0. The van der Waals surface area contributed by atoms with Crippen molar-refractivity contribution < 1.29 is 9.53 Å². The number of carbonyl (C=O) groups excluding carboxylic acids is 1. The van der Waals surface area contributed by atoms with E-state index in [1.165, 1.54) is 17.3 Å². The largest absolute Gasteiger partial charge is 0.497 e. The van der Waals surface area contributed by atoms with Crippen LogP contribution in [-0.2, 0) is 11.2 Å². The van der Waals surface area contributed by atoms with Gasteiger partial charge in [-0.2, -0.15) is 0 Å². The zero-order valence-electron chi connectivity index (χ0n) is 17.8. The Morgan fingerprint density at radius 2 is 1.80 bits per heavy atom. The molecule has 3 rings (SSSR count). The normalized spacial score (nSPS) is 12.0. The van der Waals surface area contributed by atoms with Crippen molar-refractivity contribution in [1.82, 2.24) is 20.1 Å². The van der Waals surface area contributed by atoms with Crippen LogP contribution in [0.4, 0.5) is 0 Å². The fourth-order valence-electron chi connectivity index (χ4n) is 3.15. The Morgan fingerprint density at radius 1 is 1.10 bits per heavy atom. The van der Waals surface area contributed by atoms with Crippen LogP contribution in [0, 0.1) is 5.92 Å². The number of benzene rings is 2. The van der Waals surface area contributed by atoms with Crippen molar-refractivity contribution in [3.05, 3.63) is 66.0 Å². The van der Waals surface area contributed by atoms with Crippen LogP contribution in [-0.4, -0.2) is 33.5 Å². The fraction of sp³-hybridized carbons (Fsp3) is 0.348. The Morgan fingerprint density at radius 3 is 2.43 bits per heavy atom. The van der Waals surface area contributed by atoms with Gasteiger partial charge in [-0.1, -0.05) is 49.9 Å². The number of carbonyl (C=O) groups is 1. The predicted octanol–water partition coefficient (Wildman–Crippen LogP) is 4.44. The summed E-state index contributed by atoms with van der Waals surface area (Å²) in [6.45, 7) is 6.42. The van der Waals surface area contributed by atoms with E-state index in [1.807, 2.05) is 35.8 Å². The van der Waals surface area contributed by atoms with Crippen LogP contribution < -0.4 is 10.1 Å². The predicted molar refractivity (Wildman–Crippen MR) is 120 cm³/mol. The van der Waals surface area contributed by atoms with Crippen LogP contribution in [0.1, 0.15) is 37.9 Å². The van der Waals surface area contributed by atoms with E-state index in [0.717, 1.165) is 23.4 Å². The van der Waals surface area contributed by atoms with Crippen molar-refractivity contribution in [3.63, 3.8) is 0 Å². The number of aromatic nitrogens is 3. The Labute approximate surface area is 182 Å². The third-order valence-electron chi connectivity index (χ3n) is 4.70. The second-order valence-electron chi connectivity index (χ2n) is 7.60. The first-order valence-corrected chi connectivity index (χ1v) is 11.0. The monoisotopic (exact) mass is 424 g/mol. The van der Waals surface area contributed by atoms with E-state index < -0.39 is 0 Å². The van der Waals surface area contributed by atoms with Crippen LogP contribution in [0.3, 0.4) is 0 Å². The van der Waals surface area contributed by atoms with Gasteiger partial charge in [0, 0.05) is 5.69 Å². The molecule has 1 N–H and O–H groups in total. The lowest BCUT2D eigenvalue weighted by molar-refractivity contribution is -0.119. The minimum atomic E-state index is -0.0503. The lowest BCUT2D eigenvalue weighted by Crippen LogP contribution is -2.28. The smallest absolute Gasteiger partial charge is 0.230 e. The van der Waals surface area contributed by atoms with Crippen LogP contribution in [0.5, 0.6) is 5.75 Å². The third kappa shape index (κ3) is 5.86. The van der Waals surface area contributed by atoms with E-state index in [-0.39, 0.29) is 17.7 Å². The van der Waals surface area contributed by atoms with Gasteiger partial charge in [-0.05, 0) is 54.7 Å². The molecule has 3 aromatic rings. The number of hydrogen-bond acceptors (Lipinski definition) is 5. The average molecular weight is 425 g/mol. The van der Waals surface area contributed by atoms with Crippen molar-refractivity contribution in [2.24, 2.45) is 5.92 Å². The maximum absolute atomic E-state index is 12.5. The maximum atomic E-state index is 12.5. The minimum absolute atomic E-state index is 0.0389. The zero-order chi connectivity index (χ0) is 21.5. The van der Waals surface area contributed by atoms with Crippen molar-refractivity contribution in [2.45, 2.75) is 38.4 Å². The molecule has 1 aromatic heterocycles. The number of nitrogens with zero attached hydrogens (tertiary/aromatic N) is 3. The quantitative estimate of drug-likeness (QED) is 0.514. The maximum Gasteiger partial charge on any atom is 0.230 e. The summed E-state index contributed by atoms with van der Waals surface area (Å²) in [5.41, 5.74) is 3.33. The Kier molecular flexibility index (Phi) is 7.52. The summed E-state index contributed by atoms with van der Waals surface area (Å²) in [6, 6.07) is 16.0. The first kappa shape index (κ1) is 21.9. The molecule has 0 fully saturated rings. The highest BCUT2D eigenvalue weighted by Gasteiger charge is 2.13. The topological polar surface area (TPSA) is 69.0 Å². The van der Waals surface area contributed by atoms with E-state index in [9.17, 15) is 4.79 Å². The molecule has 1 atom stereocenters. The van der Waals surface area contributed by atoms with Gasteiger partial charge in [0.05, 0.1) is 18.9 Å². The molecule has 0 saturated heterocycles. The van der Waals surface area contributed by atoms with Crippen molar-refractivity contribution in [3.8, 4) is 11.4 Å². The molecule has 0 aliphatic heterocycles. The van der Waals surface area contributed by atoms with Gasteiger partial charge in [0.15, 0.2) is 5.16 Å². The number of amides is 1. The van der Waals surface area contributed by atoms with E-state index in [1.54, 1.807) is 13.4 Å². The molecule has 0 aliphatic rings. The van der Waals surface area contributed by atoms with Gasteiger partial charge in [-0.25, -0.2) is 0 Å². The SMILES string of the molecule is COc1ccc(-n2cnnc2SCC(=O)NC(C)c2ccc(CC(C)C)cc2)cc1. The number of methoxy groups -OCH3 is 1. The van der Waals surface area contributed by atoms with Crippen LogP contribution in [0.15, 0.2) is 60.0 Å². The van der Waals surface area contributed by atoms with E-state index in [2.05, 4.69) is 53.6 Å². The Hall–Kier alpha value is -2.80. The summed E-state index contributed by atoms with van der Waals surface area (Å²) in [5.74, 6) is 1.64. The number of nitrogens with one attached hydrogen (secondary N) is 1. The number of hydrogen-bond donors (Lipinski definition) is 1. The molecule has 6 nitrogen and oxygen atoms in total. The molecule has 7 heteroatoms. The Bertz CT molecular complexity index is 952. The molecular formula is C23H28N4O2S. The molecule has 158 valence electrons. The van der Waals surface area contributed by atoms with Crippen LogP contribution in [0.2, 0.25) is 0 Å². The molecule has 0 bridgehead atoms. The van der Waals surface area contributed by atoms with E-state index in [4.69, 9.17) is 4.74 Å². The molecule has 0 aliphatic carbocycles. The van der Waals surface area contributed by atoms with Gasteiger partial charge >= 0.3 is 0 Å². The van der Waals surface area contributed by atoms with Crippen LogP contribution in [0.25, 0.3) is 5.69 Å². The number of thioether (sulfide) groups is 1. The Balaban J connectivity index is 1.55. The van der Waals surface area contributed by atoms with Gasteiger partial charge in [0.1, 0.15) is 12.1 Å². The van der Waals surface area contributed by atoms with Crippen molar-refractivity contribution >= 4 is 17.7 Å². The molecule has 1 amide bonds. The van der Waals surface area contributed by atoms with E-state index in [0.29, 0.717) is 11.1 Å². The molecule has 0 saturated carbocycles. The van der Waals surface area contributed by atoms with Gasteiger partial charge in [0.2, 0.25) is 5.91 Å². The molecule has 0 radical (unpaired) electrons. The van der Waals surface area contributed by atoms with Crippen molar-refractivity contribution in [1.29, 1.82) is 0 Å². The standard InChI is InChI=1S/C23H28N4O2S/c1-16(2)13-18-5-7-19(8-6-18)17(3)25-22(28)14-30-23-26-24-15-27(23)20-9-11-21(29-4)12-10-20/h5-12,15-17H,13-14H2,1-4H3,(H,25,28). The molecule has 30 heavy (non-hydrogen) atoms. The van der Waals surface area contributed by atoms with E-state index >= 15 is 0 Å². The van der Waals surface area contributed by atoms with Gasteiger partial charge in [0.25, 0.3) is 0 Å². The lowest BCUT2D eigenvalue weighted by Gasteiger charge is -2.15. The summed E-state index contributed by atoms with van der Waals surface area (Å²) < 4.78 is 7.05. The summed E-state index contributed by atoms with van der Waals surface area (Å²) in [4.78, 5) is 12.5. The van der Waals surface area contributed by atoms with Crippen molar-refractivity contribution in [2.75, 3.05) is 12.9 Å². The molecule has 1 heterocycles. The zero-order valence-corrected chi connectivity index (χ0v) is 18.6. The summed E-state index contributed by atoms with van der Waals surface area (Å²) in [5, 5.41) is 11.9. The molecule has 1 unspecified atom stereocenters.